The quantitative estimate of drug-likeness (QED) is 0.795. The molecule has 6 nitrogen and oxygen atoms in total. The number of hydrogen-bond donors (Lipinski definition) is 2. The summed E-state index contributed by atoms with van der Waals surface area (Å²) in [5.41, 5.74) is 0.923. The van der Waals surface area contributed by atoms with E-state index in [9.17, 15) is 14.4 Å². The molecule has 0 aromatic heterocycles. The van der Waals surface area contributed by atoms with Crippen LogP contribution in [-0.4, -0.2) is 34.8 Å². The maximum atomic E-state index is 13.1. The second kappa shape index (κ2) is 7.33. The zero-order valence-corrected chi connectivity index (χ0v) is 16.5. The number of urea groups is 1. The Hall–Kier alpha value is -2.37. The van der Waals surface area contributed by atoms with E-state index in [0.29, 0.717) is 11.6 Å². The molecular weight excluding hydrogens is 342 g/mol. The number of anilines is 1. The third-order valence-electron chi connectivity index (χ3n) is 6.13. The SMILES string of the molecule is CC(C)c1cccc(NC(=O)CN2C(=O)NC3(C2=O)[C@H](C)CCC[C@@H]3C)c1. The maximum Gasteiger partial charge on any atom is 0.325 e. The minimum atomic E-state index is -0.868. The van der Waals surface area contributed by atoms with Gasteiger partial charge in [0, 0.05) is 5.69 Å². The summed E-state index contributed by atoms with van der Waals surface area (Å²) < 4.78 is 0. The van der Waals surface area contributed by atoms with Crippen LogP contribution in [0.5, 0.6) is 0 Å². The Bertz CT molecular complexity index is 749. The minimum Gasteiger partial charge on any atom is -0.325 e. The molecule has 3 rings (SSSR count). The third-order valence-corrected chi connectivity index (χ3v) is 6.13. The van der Waals surface area contributed by atoms with Gasteiger partial charge >= 0.3 is 6.03 Å². The number of nitrogens with zero attached hydrogens (tertiary/aromatic N) is 1. The Morgan fingerprint density at radius 1 is 1.26 bits per heavy atom. The van der Waals surface area contributed by atoms with Crippen molar-refractivity contribution in [3.8, 4) is 0 Å². The van der Waals surface area contributed by atoms with Crippen molar-refractivity contribution in [1.29, 1.82) is 0 Å². The van der Waals surface area contributed by atoms with Crippen LogP contribution in [0.25, 0.3) is 0 Å². The predicted octanol–water partition coefficient (Wildman–Crippen LogP) is 3.50. The third kappa shape index (κ3) is 3.45. The Labute approximate surface area is 160 Å². The molecule has 6 heteroatoms. The molecule has 146 valence electrons. The summed E-state index contributed by atoms with van der Waals surface area (Å²) >= 11 is 0. The van der Waals surface area contributed by atoms with Gasteiger partial charge in [0.1, 0.15) is 12.1 Å². The molecule has 27 heavy (non-hydrogen) atoms. The van der Waals surface area contributed by atoms with E-state index in [1.165, 1.54) is 0 Å². The van der Waals surface area contributed by atoms with Crippen LogP contribution in [0.3, 0.4) is 0 Å². The first-order valence-electron chi connectivity index (χ1n) is 9.79. The van der Waals surface area contributed by atoms with Gasteiger partial charge in [-0.3, -0.25) is 14.5 Å². The smallest absolute Gasteiger partial charge is 0.325 e. The van der Waals surface area contributed by atoms with Crippen LogP contribution in [0.1, 0.15) is 58.4 Å². The Balaban J connectivity index is 1.72. The second-order valence-electron chi connectivity index (χ2n) is 8.25. The molecule has 1 unspecified atom stereocenters. The lowest BCUT2D eigenvalue weighted by atomic mass is 9.67. The number of rotatable bonds is 4. The molecule has 4 amide bonds. The summed E-state index contributed by atoms with van der Waals surface area (Å²) in [6.45, 7) is 7.92. The van der Waals surface area contributed by atoms with E-state index in [-0.39, 0.29) is 30.2 Å². The monoisotopic (exact) mass is 371 g/mol. The lowest BCUT2D eigenvalue weighted by molar-refractivity contribution is -0.138. The van der Waals surface area contributed by atoms with Gasteiger partial charge in [-0.05, 0) is 48.3 Å². The first-order chi connectivity index (χ1) is 12.8. The number of amides is 4. The molecule has 1 saturated carbocycles. The van der Waals surface area contributed by atoms with E-state index in [0.717, 1.165) is 29.7 Å². The summed E-state index contributed by atoms with van der Waals surface area (Å²) in [4.78, 5) is 39.2. The summed E-state index contributed by atoms with van der Waals surface area (Å²) in [5, 5.41) is 5.73. The highest BCUT2D eigenvalue weighted by atomic mass is 16.2. The fourth-order valence-electron chi connectivity index (χ4n) is 4.42. The van der Waals surface area contributed by atoms with Crippen molar-refractivity contribution >= 4 is 23.5 Å². The summed E-state index contributed by atoms with van der Waals surface area (Å²) in [6.07, 6.45) is 2.86. The van der Waals surface area contributed by atoms with Crippen LogP contribution in [0.4, 0.5) is 10.5 Å². The first kappa shape index (κ1) is 19.4. The number of hydrogen-bond acceptors (Lipinski definition) is 3. The molecule has 1 aliphatic heterocycles. The van der Waals surface area contributed by atoms with Gasteiger partial charge in [-0.1, -0.05) is 46.2 Å². The van der Waals surface area contributed by atoms with Crippen molar-refractivity contribution < 1.29 is 14.4 Å². The molecule has 3 atom stereocenters. The van der Waals surface area contributed by atoms with E-state index >= 15 is 0 Å². The topological polar surface area (TPSA) is 78.5 Å². The fraction of sp³-hybridized carbons (Fsp3) is 0.571. The average molecular weight is 371 g/mol. The van der Waals surface area contributed by atoms with Crippen LogP contribution in [0.2, 0.25) is 0 Å². The van der Waals surface area contributed by atoms with Gasteiger partial charge < -0.3 is 10.6 Å². The van der Waals surface area contributed by atoms with E-state index in [4.69, 9.17) is 0 Å². The Kier molecular flexibility index (Phi) is 5.27. The number of carbonyl (C=O) groups is 3. The highest BCUT2D eigenvalue weighted by Crippen LogP contribution is 2.42. The molecule has 1 heterocycles. The molecule has 0 bridgehead atoms. The van der Waals surface area contributed by atoms with Crippen LogP contribution < -0.4 is 10.6 Å². The van der Waals surface area contributed by atoms with Gasteiger partial charge in [-0.2, -0.15) is 0 Å². The van der Waals surface area contributed by atoms with Gasteiger partial charge in [0.15, 0.2) is 0 Å². The normalized spacial score (nSPS) is 28.0. The fourth-order valence-corrected chi connectivity index (χ4v) is 4.42. The molecule has 1 saturated heterocycles. The molecule has 1 spiro atoms. The summed E-state index contributed by atoms with van der Waals surface area (Å²) in [5.74, 6) is -0.158. The van der Waals surface area contributed by atoms with Gasteiger partial charge in [-0.15, -0.1) is 0 Å². The summed E-state index contributed by atoms with van der Waals surface area (Å²) in [7, 11) is 0. The van der Waals surface area contributed by atoms with Crippen molar-refractivity contribution in [2.24, 2.45) is 11.8 Å². The lowest BCUT2D eigenvalue weighted by Gasteiger charge is -2.42. The van der Waals surface area contributed by atoms with E-state index in [2.05, 4.69) is 24.5 Å². The first-order valence-corrected chi connectivity index (χ1v) is 9.79. The van der Waals surface area contributed by atoms with Gasteiger partial charge in [0.25, 0.3) is 5.91 Å². The largest absolute Gasteiger partial charge is 0.325 e. The zero-order valence-electron chi connectivity index (χ0n) is 16.5. The van der Waals surface area contributed by atoms with Gasteiger partial charge in [0.05, 0.1) is 0 Å². The van der Waals surface area contributed by atoms with Gasteiger partial charge in [-0.25, -0.2) is 4.79 Å². The minimum absolute atomic E-state index is 0.0634. The molecule has 2 fully saturated rings. The van der Waals surface area contributed by atoms with E-state index in [1.807, 2.05) is 38.1 Å². The number of carbonyl (C=O) groups excluding carboxylic acids is 3. The number of nitrogens with one attached hydrogen (secondary N) is 2. The van der Waals surface area contributed by atoms with Gasteiger partial charge in [0.2, 0.25) is 5.91 Å². The predicted molar refractivity (Wildman–Crippen MR) is 104 cm³/mol. The molecule has 1 aromatic rings. The van der Waals surface area contributed by atoms with Crippen molar-refractivity contribution in [3.05, 3.63) is 29.8 Å². The number of imide groups is 1. The van der Waals surface area contributed by atoms with E-state index < -0.39 is 11.6 Å². The molecule has 2 N–H and O–H groups in total. The van der Waals surface area contributed by atoms with Crippen LogP contribution in [-0.2, 0) is 9.59 Å². The van der Waals surface area contributed by atoms with E-state index in [1.54, 1.807) is 0 Å². The lowest BCUT2D eigenvalue weighted by Crippen LogP contribution is -2.59. The molecule has 2 aliphatic rings. The molecular formula is C21H29N3O3. The van der Waals surface area contributed by atoms with Crippen molar-refractivity contribution in [2.75, 3.05) is 11.9 Å². The molecule has 0 radical (unpaired) electrons. The van der Waals surface area contributed by atoms with Crippen molar-refractivity contribution in [3.63, 3.8) is 0 Å². The standard InChI is InChI=1S/C21H29N3O3/c1-13(2)16-9-6-10-17(11-16)22-18(25)12-24-19(26)21(23-20(24)27)14(3)7-5-8-15(21)4/h6,9-11,13-15H,5,7-8,12H2,1-4H3,(H,22,25)(H,23,27)/t14-,15+,21?. The Morgan fingerprint density at radius 3 is 2.56 bits per heavy atom. The average Bonchev–Trinajstić information content (AvgIpc) is 2.86. The maximum absolute atomic E-state index is 13.1. The van der Waals surface area contributed by atoms with Crippen LogP contribution in [0.15, 0.2) is 24.3 Å². The van der Waals surface area contributed by atoms with Crippen molar-refractivity contribution in [2.45, 2.75) is 58.4 Å². The van der Waals surface area contributed by atoms with Crippen LogP contribution in [0, 0.1) is 11.8 Å². The highest BCUT2D eigenvalue weighted by Gasteiger charge is 2.58. The zero-order chi connectivity index (χ0) is 19.8. The van der Waals surface area contributed by atoms with Crippen LogP contribution >= 0.6 is 0 Å². The van der Waals surface area contributed by atoms with Crippen molar-refractivity contribution in [1.82, 2.24) is 10.2 Å². The highest BCUT2D eigenvalue weighted by molar-refractivity contribution is 6.10. The summed E-state index contributed by atoms with van der Waals surface area (Å²) in [6, 6.07) is 7.16. The second-order valence-corrected chi connectivity index (χ2v) is 8.25. The molecule has 1 aliphatic carbocycles. The number of benzene rings is 1. The molecule has 1 aromatic carbocycles. The Morgan fingerprint density at radius 2 is 1.93 bits per heavy atom.